The molecule has 0 atom stereocenters. The van der Waals surface area contributed by atoms with Crippen molar-refractivity contribution in [2.75, 3.05) is 5.32 Å². The number of anilines is 1. The Morgan fingerprint density at radius 3 is 2.56 bits per heavy atom. The van der Waals surface area contributed by atoms with Crippen LogP contribution in [0.25, 0.3) is 22.0 Å². The zero-order chi connectivity index (χ0) is 17.2. The first-order valence-corrected chi connectivity index (χ1v) is 9.67. The predicted octanol–water partition coefficient (Wildman–Crippen LogP) is 5.82. The molecule has 0 saturated heterocycles. The topological polar surface area (TPSA) is 42.0 Å². The first-order valence-electron chi connectivity index (χ1n) is 7.71. The van der Waals surface area contributed by atoms with E-state index in [4.69, 9.17) is 0 Å². The average Bonchev–Trinajstić information content (AvgIpc) is 3.10. The fraction of sp³-hybridized carbons (Fsp3) is 0. The molecule has 1 N–H and O–H groups in total. The van der Waals surface area contributed by atoms with Crippen LogP contribution in [-0.2, 0) is 0 Å². The van der Waals surface area contributed by atoms with E-state index in [9.17, 15) is 4.79 Å². The molecule has 4 rings (SSSR count). The lowest BCUT2D eigenvalue weighted by atomic mass is 10.1. The van der Waals surface area contributed by atoms with Crippen LogP contribution >= 0.6 is 33.9 Å². The fourth-order valence-corrected chi connectivity index (χ4v) is 3.97. The van der Waals surface area contributed by atoms with Crippen molar-refractivity contribution in [3.05, 3.63) is 81.2 Å². The number of fused-ring (bicyclic) bond motifs is 1. The van der Waals surface area contributed by atoms with E-state index in [1.165, 1.54) is 22.1 Å². The Morgan fingerprint density at radius 2 is 1.72 bits per heavy atom. The lowest BCUT2D eigenvalue weighted by molar-refractivity contribution is 0.102. The summed E-state index contributed by atoms with van der Waals surface area (Å²) in [5.41, 5.74) is 2.57. The number of aromatic nitrogens is 1. The Kier molecular flexibility index (Phi) is 4.50. The average molecular weight is 456 g/mol. The number of carbonyl (C=O) groups excluding carboxylic acids is 1. The molecule has 0 saturated carbocycles. The van der Waals surface area contributed by atoms with E-state index in [0.29, 0.717) is 10.7 Å². The molecule has 1 aromatic heterocycles. The maximum absolute atomic E-state index is 12.4. The molecule has 0 unspecified atom stereocenters. The zero-order valence-electron chi connectivity index (χ0n) is 13.1. The summed E-state index contributed by atoms with van der Waals surface area (Å²) in [5.74, 6) is -0.135. The van der Waals surface area contributed by atoms with Gasteiger partial charge in [0.25, 0.3) is 5.91 Å². The van der Waals surface area contributed by atoms with Gasteiger partial charge in [0.15, 0.2) is 5.13 Å². The molecule has 1 amide bonds. The third-order valence-corrected chi connectivity index (χ3v) is 5.59. The first kappa shape index (κ1) is 16.2. The van der Waals surface area contributed by atoms with Gasteiger partial charge in [-0.25, -0.2) is 4.98 Å². The van der Waals surface area contributed by atoms with Gasteiger partial charge in [0, 0.05) is 14.5 Å². The number of hydrogen-bond donors (Lipinski definition) is 1. The van der Waals surface area contributed by atoms with Gasteiger partial charge in [0.2, 0.25) is 0 Å². The molecule has 0 aliphatic heterocycles. The Hall–Kier alpha value is -2.25. The monoisotopic (exact) mass is 456 g/mol. The second-order valence-electron chi connectivity index (χ2n) is 5.53. The van der Waals surface area contributed by atoms with Crippen LogP contribution in [0.1, 0.15) is 10.4 Å². The van der Waals surface area contributed by atoms with Crippen LogP contribution in [0.15, 0.2) is 72.1 Å². The Morgan fingerprint density at radius 1 is 0.960 bits per heavy atom. The highest BCUT2D eigenvalue weighted by molar-refractivity contribution is 14.1. The summed E-state index contributed by atoms with van der Waals surface area (Å²) in [6, 6.07) is 22.0. The number of thiazole rings is 1. The maximum atomic E-state index is 12.4. The molecule has 0 radical (unpaired) electrons. The Labute approximate surface area is 162 Å². The van der Waals surface area contributed by atoms with Gasteiger partial charge >= 0.3 is 0 Å². The highest BCUT2D eigenvalue weighted by atomic mass is 127. The minimum atomic E-state index is -0.135. The molecule has 0 aliphatic carbocycles. The molecule has 0 spiro atoms. The van der Waals surface area contributed by atoms with E-state index in [1.807, 2.05) is 41.8 Å². The predicted molar refractivity (Wildman–Crippen MR) is 112 cm³/mol. The second kappa shape index (κ2) is 6.93. The number of halogens is 1. The number of amides is 1. The summed E-state index contributed by atoms with van der Waals surface area (Å²) in [6.45, 7) is 0. The first-order chi connectivity index (χ1) is 12.2. The molecular formula is C20H13IN2OS. The van der Waals surface area contributed by atoms with E-state index in [2.05, 4.69) is 63.2 Å². The molecule has 3 aromatic carbocycles. The van der Waals surface area contributed by atoms with Gasteiger partial charge < -0.3 is 0 Å². The summed E-state index contributed by atoms with van der Waals surface area (Å²) in [6.07, 6.45) is 0. The van der Waals surface area contributed by atoms with Gasteiger partial charge in [-0.1, -0.05) is 48.5 Å². The lowest BCUT2D eigenvalue weighted by Crippen LogP contribution is -2.13. The van der Waals surface area contributed by atoms with Crippen LogP contribution in [0.2, 0.25) is 0 Å². The van der Waals surface area contributed by atoms with Gasteiger partial charge in [0.1, 0.15) is 0 Å². The van der Waals surface area contributed by atoms with Crippen LogP contribution in [0.5, 0.6) is 0 Å². The van der Waals surface area contributed by atoms with E-state index in [-0.39, 0.29) is 5.91 Å². The van der Waals surface area contributed by atoms with Crippen molar-refractivity contribution in [2.24, 2.45) is 0 Å². The fourth-order valence-electron chi connectivity index (χ4n) is 2.62. The van der Waals surface area contributed by atoms with Crippen molar-refractivity contribution in [1.82, 2.24) is 4.98 Å². The summed E-state index contributed by atoms with van der Waals surface area (Å²) >= 11 is 3.60. The number of hydrogen-bond acceptors (Lipinski definition) is 3. The van der Waals surface area contributed by atoms with Crippen LogP contribution in [0, 0.1) is 3.57 Å². The lowest BCUT2D eigenvalue weighted by Gasteiger charge is -2.04. The Bertz CT molecular complexity index is 1070. The van der Waals surface area contributed by atoms with E-state index in [1.54, 1.807) is 0 Å². The number of nitrogens with one attached hydrogen (secondary N) is 1. The van der Waals surface area contributed by atoms with Gasteiger partial charge in [0.05, 0.1) is 11.3 Å². The summed E-state index contributed by atoms with van der Waals surface area (Å²) in [4.78, 5) is 17.0. The quantitative estimate of drug-likeness (QED) is 0.395. The minimum Gasteiger partial charge on any atom is -0.298 e. The Balaban J connectivity index is 1.59. The summed E-state index contributed by atoms with van der Waals surface area (Å²) in [5, 5.41) is 7.84. The second-order valence-corrected chi connectivity index (χ2v) is 7.55. The van der Waals surface area contributed by atoms with Gasteiger partial charge in [-0.2, -0.15) is 0 Å². The SMILES string of the molecule is O=C(Nc1nc(-c2ccc3ccccc3c2)cs1)c1ccccc1I. The van der Waals surface area contributed by atoms with Crippen LogP contribution in [0.4, 0.5) is 5.13 Å². The van der Waals surface area contributed by atoms with Crippen LogP contribution < -0.4 is 5.32 Å². The van der Waals surface area contributed by atoms with E-state index in [0.717, 1.165) is 14.8 Å². The standard InChI is InChI=1S/C20H13IN2OS/c21-17-8-4-3-7-16(17)19(24)23-20-22-18(12-25-20)15-10-9-13-5-1-2-6-14(13)11-15/h1-12H,(H,22,23,24). The van der Waals surface area contributed by atoms with Gasteiger partial charge in [-0.3, -0.25) is 10.1 Å². The zero-order valence-corrected chi connectivity index (χ0v) is 16.0. The van der Waals surface area contributed by atoms with Crippen molar-refractivity contribution in [3.63, 3.8) is 0 Å². The van der Waals surface area contributed by atoms with Crippen LogP contribution in [0.3, 0.4) is 0 Å². The van der Waals surface area contributed by atoms with Gasteiger partial charge in [-0.15, -0.1) is 11.3 Å². The van der Waals surface area contributed by atoms with Crippen molar-refractivity contribution in [2.45, 2.75) is 0 Å². The highest BCUT2D eigenvalue weighted by Crippen LogP contribution is 2.28. The minimum absolute atomic E-state index is 0.135. The van der Waals surface area contributed by atoms with Crippen molar-refractivity contribution < 1.29 is 4.79 Å². The number of rotatable bonds is 3. The third kappa shape index (κ3) is 3.43. The normalized spacial score (nSPS) is 10.8. The number of carbonyl (C=O) groups is 1. The van der Waals surface area contributed by atoms with E-state index >= 15 is 0 Å². The molecule has 0 fully saturated rings. The largest absolute Gasteiger partial charge is 0.298 e. The molecule has 4 aromatic rings. The molecule has 25 heavy (non-hydrogen) atoms. The van der Waals surface area contributed by atoms with Crippen molar-refractivity contribution in [3.8, 4) is 11.3 Å². The molecule has 5 heteroatoms. The third-order valence-electron chi connectivity index (χ3n) is 3.89. The van der Waals surface area contributed by atoms with Crippen LogP contribution in [-0.4, -0.2) is 10.9 Å². The molecular weight excluding hydrogens is 443 g/mol. The number of benzene rings is 3. The summed E-state index contributed by atoms with van der Waals surface area (Å²) < 4.78 is 0.920. The van der Waals surface area contributed by atoms with Crippen molar-refractivity contribution in [1.29, 1.82) is 0 Å². The van der Waals surface area contributed by atoms with E-state index < -0.39 is 0 Å². The molecule has 122 valence electrons. The smallest absolute Gasteiger partial charge is 0.258 e. The van der Waals surface area contributed by atoms with Gasteiger partial charge in [-0.05, 0) is 51.6 Å². The molecule has 0 bridgehead atoms. The van der Waals surface area contributed by atoms with Crippen molar-refractivity contribution >= 4 is 55.7 Å². The molecule has 0 aliphatic rings. The number of nitrogens with zero attached hydrogens (tertiary/aromatic N) is 1. The molecule has 3 nitrogen and oxygen atoms in total. The highest BCUT2D eigenvalue weighted by Gasteiger charge is 2.12. The molecule has 1 heterocycles. The maximum Gasteiger partial charge on any atom is 0.258 e. The summed E-state index contributed by atoms with van der Waals surface area (Å²) in [7, 11) is 0.